The summed E-state index contributed by atoms with van der Waals surface area (Å²) < 4.78 is 25.2. The number of hydrogen-bond donors (Lipinski definition) is 2. The van der Waals surface area contributed by atoms with Crippen LogP contribution in [0.3, 0.4) is 0 Å². The minimum absolute atomic E-state index is 0.0158. The molecule has 5 aromatic rings. The topological polar surface area (TPSA) is 159 Å². The summed E-state index contributed by atoms with van der Waals surface area (Å²) in [5.41, 5.74) is 6.40. The number of likely N-dealkylation sites (N-methyl/N-ethyl adjacent to an activating group) is 1. The molecule has 6 heterocycles. The van der Waals surface area contributed by atoms with Crippen LogP contribution in [0.2, 0.25) is 0 Å². The first-order chi connectivity index (χ1) is 33.9. The molecule has 2 N–H and O–H groups in total. The third-order valence-corrected chi connectivity index (χ3v) is 15.2. The van der Waals surface area contributed by atoms with E-state index in [4.69, 9.17) is 14.7 Å². The zero-order chi connectivity index (χ0) is 50.4. The highest BCUT2D eigenvalue weighted by molar-refractivity contribution is 6.04. The van der Waals surface area contributed by atoms with Gasteiger partial charge in [0.25, 0.3) is 5.91 Å². The fourth-order valence-corrected chi connectivity index (χ4v) is 11.4. The van der Waals surface area contributed by atoms with E-state index >= 15 is 9.18 Å². The van der Waals surface area contributed by atoms with Crippen molar-refractivity contribution in [2.24, 2.45) is 11.1 Å². The van der Waals surface area contributed by atoms with Crippen molar-refractivity contribution in [1.82, 2.24) is 29.5 Å². The SMILES string of the molecule is CNc1cc(N2C=CN(c3c4c(nn3-c3cc(C)c(F)c(C)c3)CCN(C(=O)c3cc5cc([C@H]6CCOC(C)(C)C6)ccc5n3[C@@]3(C5=NOC(=C=O)N5)C[C@@H]3C)[C@H]4C)C2=C=O)ccc1C(C)C(=O)N(C)C. The Balaban J connectivity index is 1.08. The smallest absolute Gasteiger partial charge is 0.313 e. The second kappa shape index (κ2) is 17.4. The van der Waals surface area contributed by atoms with Crippen LogP contribution in [0.4, 0.5) is 21.6 Å². The van der Waals surface area contributed by atoms with Crippen molar-refractivity contribution in [3.05, 3.63) is 124 Å². The molecule has 2 aromatic heterocycles. The Morgan fingerprint density at radius 1 is 0.972 bits per heavy atom. The molecule has 0 spiro atoms. The van der Waals surface area contributed by atoms with E-state index in [9.17, 15) is 14.4 Å². The van der Waals surface area contributed by atoms with Gasteiger partial charge in [-0.25, -0.2) is 18.7 Å². The summed E-state index contributed by atoms with van der Waals surface area (Å²) in [7, 11) is 5.24. The minimum atomic E-state index is -0.829. The second-order valence-corrected chi connectivity index (χ2v) is 20.5. The van der Waals surface area contributed by atoms with E-state index in [0.29, 0.717) is 71.4 Å². The number of ether oxygens (including phenoxy) is 1. The van der Waals surface area contributed by atoms with Crippen LogP contribution in [0.5, 0.6) is 0 Å². The molecule has 2 fully saturated rings. The molecule has 0 bridgehead atoms. The number of amidine groups is 1. The van der Waals surface area contributed by atoms with Gasteiger partial charge >= 0.3 is 5.88 Å². The zero-order valence-electron chi connectivity index (χ0n) is 41.8. The van der Waals surface area contributed by atoms with Crippen molar-refractivity contribution in [3.63, 3.8) is 0 Å². The van der Waals surface area contributed by atoms with Crippen molar-refractivity contribution in [2.45, 2.75) is 103 Å². The molecule has 71 heavy (non-hydrogen) atoms. The fraction of sp³-hybridized carbons (Fsp3) is 0.407. The van der Waals surface area contributed by atoms with Gasteiger partial charge in [0.15, 0.2) is 17.7 Å². The van der Waals surface area contributed by atoms with Gasteiger partial charge in [0.05, 0.1) is 28.9 Å². The van der Waals surface area contributed by atoms with Crippen molar-refractivity contribution in [1.29, 1.82) is 0 Å². The molecule has 1 saturated carbocycles. The first kappa shape index (κ1) is 47.2. The lowest BCUT2D eigenvalue weighted by Gasteiger charge is -2.36. The summed E-state index contributed by atoms with van der Waals surface area (Å²) >= 11 is 0. The largest absolute Gasteiger partial charge is 0.388 e. The number of carbonyl (C=O) groups is 2. The van der Waals surface area contributed by atoms with Gasteiger partial charge in [0.1, 0.15) is 22.9 Å². The number of anilines is 3. The molecule has 10 rings (SSSR count). The molecule has 2 amide bonds. The molecule has 1 unspecified atom stereocenters. The Kier molecular flexibility index (Phi) is 11.6. The zero-order valence-corrected chi connectivity index (χ0v) is 41.8. The molecular formula is C54H59FN10O6. The molecule has 1 saturated heterocycles. The Labute approximate surface area is 412 Å². The number of benzene rings is 3. The van der Waals surface area contributed by atoms with E-state index in [1.54, 1.807) is 84.8 Å². The van der Waals surface area contributed by atoms with Crippen LogP contribution in [0.15, 0.2) is 83.9 Å². The Hall–Kier alpha value is -7.45. The summed E-state index contributed by atoms with van der Waals surface area (Å²) in [5.74, 6) is 4.16. The van der Waals surface area contributed by atoms with Gasteiger partial charge in [0.2, 0.25) is 11.7 Å². The highest BCUT2D eigenvalue weighted by Crippen LogP contribution is 2.55. The third kappa shape index (κ3) is 7.70. The molecule has 17 heteroatoms. The van der Waals surface area contributed by atoms with E-state index in [-0.39, 0.29) is 46.8 Å². The Bertz CT molecular complexity index is 3200. The standard InChI is InChI=1S/C54H59FN10O6/c1-30-21-39(22-31(2)48(30)55)65-49(63-19-18-62(46(63)29-67)38-12-13-40(42(25-38)56-8)33(4)50(68)60(9)10)47-34(5)61(17-15-41(47)58-65)51(69)44-24-37-23-35(36-16-20-70-53(6,7)27-36)11-14-43(37)64(44)54(26-32(54)3)52-57-45(28-66)71-59-52/h11-14,18-19,21-25,32-34,36,56H,15-17,20,26-27H2,1-10H3,(H,57,59)/t32-,33?,34-,36-,54-/m0/s1. The van der Waals surface area contributed by atoms with Gasteiger partial charge in [-0.15, -0.1) is 0 Å². The van der Waals surface area contributed by atoms with E-state index in [0.717, 1.165) is 40.7 Å². The summed E-state index contributed by atoms with van der Waals surface area (Å²) in [6.07, 6.45) is 6.29. The van der Waals surface area contributed by atoms with Crippen molar-refractivity contribution >= 4 is 57.6 Å². The summed E-state index contributed by atoms with van der Waals surface area (Å²) in [6.45, 7) is 14.5. The average molecular weight is 963 g/mol. The van der Waals surface area contributed by atoms with Crippen molar-refractivity contribution < 1.29 is 33.1 Å². The number of nitrogens with zero attached hydrogens (tertiary/aromatic N) is 8. The molecule has 5 aliphatic rings. The number of fused-ring (bicyclic) bond motifs is 2. The molecular weight excluding hydrogens is 904 g/mol. The van der Waals surface area contributed by atoms with Crippen LogP contribution >= 0.6 is 0 Å². The lowest BCUT2D eigenvalue weighted by molar-refractivity contribution is -0.129. The number of amides is 2. The number of hydrogen-bond acceptors (Lipinski definition) is 12. The normalized spacial score (nSPS) is 22.7. The number of nitrogens with one attached hydrogen (secondary N) is 2. The van der Waals surface area contributed by atoms with Gasteiger partial charge < -0.3 is 29.3 Å². The predicted molar refractivity (Wildman–Crippen MR) is 269 cm³/mol. The molecule has 1 aliphatic carbocycles. The number of oxime groups is 1. The molecule has 3 aromatic carbocycles. The van der Waals surface area contributed by atoms with Gasteiger partial charge in [-0.3, -0.25) is 24.7 Å². The quantitative estimate of drug-likeness (QED) is 0.131. The average Bonchev–Trinajstić information content (AvgIpc) is 3.91. The van der Waals surface area contributed by atoms with Crippen molar-refractivity contribution in [3.8, 4) is 5.69 Å². The van der Waals surface area contributed by atoms with Crippen LogP contribution in [0.25, 0.3) is 16.6 Å². The summed E-state index contributed by atoms with van der Waals surface area (Å²) in [5, 5.41) is 16.7. The maximum atomic E-state index is 15.7. The first-order valence-corrected chi connectivity index (χ1v) is 24.2. The number of aromatic nitrogens is 3. The first-order valence-electron chi connectivity index (χ1n) is 24.2. The van der Waals surface area contributed by atoms with Crippen LogP contribution in [-0.2, 0) is 35.9 Å². The maximum Gasteiger partial charge on any atom is 0.313 e. The number of rotatable bonds is 10. The lowest BCUT2D eigenvalue weighted by Crippen LogP contribution is -2.43. The van der Waals surface area contributed by atoms with Crippen LogP contribution < -0.4 is 20.4 Å². The van der Waals surface area contributed by atoms with Gasteiger partial charge in [-0.05, 0) is 137 Å². The van der Waals surface area contributed by atoms with E-state index in [1.165, 1.54) is 5.56 Å². The number of halogens is 1. The molecule has 5 atom stereocenters. The van der Waals surface area contributed by atoms with Gasteiger partial charge in [-0.2, -0.15) is 5.10 Å². The Morgan fingerprint density at radius 2 is 1.70 bits per heavy atom. The van der Waals surface area contributed by atoms with Gasteiger partial charge in [0, 0.05) is 81.0 Å². The fourth-order valence-electron chi connectivity index (χ4n) is 11.4. The van der Waals surface area contributed by atoms with E-state index in [2.05, 4.69) is 65.3 Å². The van der Waals surface area contributed by atoms with Crippen LogP contribution in [-0.4, -0.2) is 93.6 Å². The molecule has 16 nitrogen and oxygen atoms in total. The molecule has 0 radical (unpaired) electrons. The molecule has 4 aliphatic heterocycles. The second-order valence-electron chi connectivity index (χ2n) is 20.5. The van der Waals surface area contributed by atoms with E-state index < -0.39 is 17.5 Å². The summed E-state index contributed by atoms with van der Waals surface area (Å²) in [6, 6.07) is 16.9. The number of carbonyl (C=O) groups excluding carboxylic acids is 4. The molecule has 368 valence electrons. The van der Waals surface area contributed by atoms with Crippen molar-refractivity contribution in [2.75, 3.05) is 49.4 Å². The predicted octanol–water partition coefficient (Wildman–Crippen LogP) is 8.06. The van der Waals surface area contributed by atoms with Crippen LogP contribution in [0, 0.1) is 25.6 Å². The third-order valence-electron chi connectivity index (χ3n) is 15.2. The minimum Gasteiger partial charge on any atom is -0.388 e. The van der Waals surface area contributed by atoms with Gasteiger partial charge in [-0.1, -0.05) is 24.2 Å². The number of aryl methyl sites for hydroxylation is 2. The van der Waals surface area contributed by atoms with E-state index in [1.807, 2.05) is 43.0 Å². The highest BCUT2D eigenvalue weighted by Gasteiger charge is 2.61. The maximum absolute atomic E-state index is 15.7. The highest BCUT2D eigenvalue weighted by atomic mass is 19.1. The lowest BCUT2D eigenvalue weighted by atomic mass is 9.83. The Morgan fingerprint density at radius 3 is 2.35 bits per heavy atom. The monoisotopic (exact) mass is 962 g/mol. The summed E-state index contributed by atoms with van der Waals surface area (Å²) in [4.78, 5) is 66.1. The van der Waals surface area contributed by atoms with Crippen LogP contribution in [0.1, 0.15) is 116 Å².